The number of amides is 1. The summed E-state index contributed by atoms with van der Waals surface area (Å²) in [7, 11) is -0.682. The van der Waals surface area contributed by atoms with Crippen molar-refractivity contribution in [2.24, 2.45) is 0 Å². The van der Waals surface area contributed by atoms with Crippen LogP contribution < -0.4 is 16.3 Å². The molecular formula is C28H35BN2O5. The van der Waals surface area contributed by atoms with Crippen LogP contribution in [0.1, 0.15) is 67.1 Å². The second-order valence-electron chi connectivity index (χ2n) is 11.3. The van der Waals surface area contributed by atoms with Crippen LogP contribution in [0.25, 0.3) is 16.5 Å². The van der Waals surface area contributed by atoms with Gasteiger partial charge < -0.3 is 19.4 Å². The van der Waals surface area contributed by atoms with Gasteiger partial charge in [-0.2, -0.15) is 0 Å². The van der Waals surface area contributed by atoms with Gasteiger partial charge in [0.2, 0.25) is 0 Å². The van der Waals surface area contributed by atoms with E-state index in [4.69, 9.17) is 14.0 Å². The fraction of sp³-hybridized carbons (Fsp3) is 0.429. The molecule has 3 aromatic rings. The Morgan fingerprint density at radius 2 is 1.61 bits per heavy atom. The molecular weight excluding hydrogens is 455 g/mol. The summed E-state index contributed by atoms with van der Waals surface area (Å²) < 4.78 is 19.7. The molecule has 0 unspecified atom stereocenters. The quantitative estimate of drug-likeness (QED) is 0.528. The first-order valence-electron chi connectivity index (χ1n) is 12.3. The number of hydrogen-bond acceptors (Lipinski definition) is 5. The van der Waals surface area contributed by atoms with Crippen molar-refractivity contribution in [1.29, 1.82) is 0 Å². The molecule has 7 nitrogen and oxygen atoms in total. The third-order valence-electron chi connectivity index (χ3n) is 6.81. The van der Waals surface area contributed by atoms with Crippen LogP contribution in [0.4, 0.5) is 4.79 Å². The van der Waals surface area contributed by atoms with E-state index in [-0.39, 0.29) is 5.56 Å². The van der Waals surface area contributed by atoms with Crippen molar-refractivity contribution in [3.63, 3.8) is 0 Å². The first-order chi connectivity index (χ1) is 16.7. The highest BCUT2D eigenvalue weighted by atomic mass is 16.7. The van der Waals surface area contributed by atoms with Gasteiger partial charge in [0.05, 0.1) is 17.2 Å². The summed E-state index contributed by atoms with van der Waals surface area (Å²) in [5, 5.41) is 4.14. The summed E-state index contributed by atoms with van der Waals surface area (Å²) >= 11 is 0. The number of carbonyl (C=O) groups is 1. The molecule has 1 aromatic heterocycles. The highest BCUT2D eigenvalue weighted by Crippen LogP contribution is 2.37. The normalized spacial score (nSPS) is 17.7. The number of hydrogen-bond donors (Lipinski definition) is 1. The summed E-state index contributed by atoms with van der Waals surface area (Å²) in [6.45, 7) is 15.2. The van der Waals surface area contributed by atoms with Crippen molar-refractivity contribution in [2.45, 2.75) is 78.2 Å². The third kappa shape index (κ3) is 4.93. The number of alkyl carbamates (subject to hydrolysis) is 1. The molecule has 1 amide bonds. The molecule has 1 aliphatic heterocycles. The minimum atomic E-state index is -0.682. The Bertz CT molecular complexity index is 1330. The van der Waals surface area contributed by atoms with Crippen molar-refractivity contribution >= 4 is 29.4 Å². The zero-order chi connectivity index (χ0) is 26.5. The molecule has 0 bridgehead atoms. The Morgan fingerprint density at radius 1 is 1.00 bits per heavy atom. The van der Waals surface area contributed by atoms with Crippen molar-refractivity contribution in [1.82, 2.24) is 9.88 Å². The van der Waals surface area contributed by atoms with Gasteiger partial charge in [0.15, 0.2) is 0 Å². The minimum Gasteiger partial charge on any atom is -0.444 e. The molecule has 0 aliphatic carbocycles. The van der Waals surface area contributed by atoms with Crippen LogP contribution >= 0.6 is 0 Å². The number of ether oxygens (including phenoxy) is 1. The van der Waals surface area contributed by atoms with Gasteiger partial charge in [0.1, 0.15) is 5.60 Å². The maximum Gasteiger partial charge on any atom is 0.495 e. The molecule has 2 heterocycles. The summed E-state index contributed by atoms with van der Waals surface area (Å²) in [6, 6.07) is 16.5. The summed E-state index contributed by atoms with van der Waals surface area (Å²) in [6.07, 6.45) is -0.548. The van der Waals surface area contributed by atoms with Gasteiger partial charge >= 0.3 is 13.2 Å². The number of nitrogens with one attached hydrogen (secondary N) is 1. The number of aromatic nitrogens is 1. The average molecular weight is 490 g/mol. The molecule has 0 radical (unpaired) electrons. The summed E-state index contributed by atoms with van der Waals surface area (Å²) in [5.74, 6) is 0. The fourth-order valence-corrected chi connectivity index (χ4v) is 4.30. The lowest BCUT2D eigenvalue weighted by Crippen LogP contribution is -2.41. The zero-order valence-corrected chi connectivity index (χ0v) is 22.3. The summed E-state index contributed by atoms with van der Waals surface area (Å²) in [4.78, 5) is 26.7. The van der Waals surface area contributed by atoms with Crippen molar-refractivity contribution in [3.8, 4) is 5.69 Å². The van der Waals surface area contributed by atoms with Gasteiger partial charge in [-0.15, -0.1) is 0 Å². The van der Waals surface area contributed by atoms with Crippen molar-refractivity contribution in [2.75, 3.05) is 0 Å². The predicted molar refractivity (Wildman–Crippen MR) is 143 cm³/mol. The number of fused-ring (bicyclic) bond motifs is 1. The van der Waals surface area contributed by atoms with Crippen molar-refractivity contribution in [3.05, 3.63) is 70.6 Å². The first-order valence-corrected chi connectivity index (χ1v) is 12.3. The summed E-state index contributed by atoms with van der Waals surface area (Å²) in [5.41, 5.74) is 0.0895. The topological polar surface area (TPSA) is 78.8 Å². The van der Waals surface area contributed by atoms with Gasteiger partial charge in [-0.25, -0.2) is 4.79 Å². The van der Waals surface area contributed by atoms with Crippen LogP contribution in [-0.4, -0.2) is 34.6 Å². The maximum atomic E-state index is 14.2. The monoisotopic (exact) mass is 490 g/mol. The number of carbonyl (C=O) groups excluding carboxylic acids is 1. The zero-order valence-electron chi connectivity index (χ0n) is 22.3. The van der Waals surface area contributed by atoms with Crippen LogP contribution in [0.3, 0.4) is 0 Å². The van der Waals surface area contributed by atoms with Crippen LogP contribution in [0, 0.1) is 0 Å². The van der Waals surface area contributed by atoms with E-state index in [9.17, 15) is 9.59 Å². The molecule has 190 valence electrons. The van der Waals surface area contributed by atoms with Gasteiger partial charge in [-0.1, -0.05) is 36.4 Å². The van der Waals surface area contributed by atoms with Crippen LogP contribution in [-0.2, 0) is 14.0 Å². The second-order valence-corrected chi connectivity index (χ2v) is 11.3. The Labute approximate surface area is 212 Å². The lowest BCUT2D eigenvalue weighted by molar-refractivity contribution is 0.00578. The van der Waals surface area contributed by atoms with E-state index >= 15 is 0 Å². The molecule has 0 spiro atoms. The molecule has 0 saturated carbocycles. The molecule has 1 atom stereocenters. The van der Waals surface area contributed by atoms with E-state index in [0.29, 0.717) is 22.2 Å². The molecule has 1 saturated heterocycles. The van der Waals surface area contributed by atoms with E-state index < -0.39 is 36.1 Å². The third-order valence-corrected chi connectivity index (χ3v) is 6.81. The Morgan fingerprint density at radius 3 is 2.19 bits per heavy atom. The number of rotatable bonds is 4. The molecule has 8 heteroatoms. The molecule has 1 fully saturated rings. The van der Waals surface area contributed by atoms with Gasteiger partial charge in [-0.3, -0.25) is 9.36 Å². The highest BCUT2D eigenvalue weighted by molar-refractivity contribution is 6.65. The van der Waals surface area contributed by atoms with Crippen LogP contribution in [0.5, 0.6) is 0 Å². The van der Waals surface area contributed by atoms with Crippen LogP contribution in [0.15, 0.2) is 59.4 Å². The molecule has 2 aromatic carbocycles. The second kappa shape index (κ2) is 9.09. The van der Waals surface area contributed by atoms with Crippen molar-refractivity contribution < 1.29 is 18.8 Å². The Hall–Kier alpha value is -3.10. The van der Waals surface area contributed by atoms with E-state index in [0.717, 1.165) is 5.39 Å². The number of benzene rings is 2. The predicted octanol–water partition coefficient (Wildman–Crippen LogP) is 4.88. The SMILES string of the molecule is C[C@H](NC(=O)OC(C)(C)C)c1cc2cccc(B3OC(C)(C)C(C)(C)O3)c2c(=O)n1-c1ccccc1. The number of pyridine rings is 1. The number of nitrogens with zero attached hydrogens (tertiary/aromatic N) is 1. The van der Waals surface area contributed by atoms with Crippen LogP contribution in [0.2, 0.25) is 0 Å². The van der Waals surface area contributed by atoms with Gasteiger partial charge in [0, 0.05) is 16.8 Å². The molecule has 36 heavy (non-hydrogen) atoms. The van der Waals surface area contributed by atoms with E-state index in [1.54, 1.807) is 4.57 Å². The molecule has 4 rings (SSSR count). The standard InChI is InChI=1S/C28H35BN2O5/c1-18(30-25(33)34-26(2,3)4)22-17-19-13-12-16-21(29-35-27(5,6)28(7,8)36-29)23(19)24(32)31(22)20-14-10-9-11-15-20/h9-18H,1-8H3,(H,30,33)/t18-/m0/s1. The van der Waals surface area contributed by atoms with Gasteiger partial charge in [0.25, 0.3) is 5.56 Å². The Kier molecular flexibility index (Phi) is 6.56. The fourth-order valence-electron chi connectivity index (χ4n) is 4.30. The van der Waals surface area contributed by atoms with E-state index in [2.05, 4.69) is 5.32 Å². The Balaban J connectivity index is 1.88. The minimum absolute atomic E-state index is 0.211. The van der Waals surface area contributed by atoms with Gasteiger partial charge in [-0.05, 0) is 84.4 Å². The number of para-hydroxylation sites is 1. The largest absolute Gasteiger partial charge is 0.495 e. The smallest absolute Gasteiger partial charge is 0.444 e. The molecule has 1 N–H and O–H groups in total. The maximum absolute atomic E-state index is 14.2. The first kappa shape index (κ1) is 26.0. The lowest BCUT2D eigenvalue weighted by atomic mass is 9.76. The van der Waals surface area contributed by atoms with E-state index in [1.807, 2.05) is 110 Å². The van der Waals surface area contributed by atoms with E-state index in [1.165, 1.54) is 0 Å². The molecule has 1 aliphatic rings. The lowest BCUT2D eigenvalue weighted by Gasteiger charge is -2.32. The average Bonchev–Trinajstić information content (AvgIpc) is 2.99. The highest BCUT2D eigenvalue weighted by Gasteiger charge is 2.52.